The molecule has 0 aliphatic carbocycles. The lowest BCUT2D eigenvalue weighted by atomic mass is 10.1. The first-order chi connectivity index (χ1) is 8.49. The number of thiophene rings is 1. The van der Waals surface area contributed by atoms with Crippen LogP contribution in [-0.2, 0) is 6.42 Å². The Balaban J connectivity index is 2.26. The molecular formula is C13H11BrF2OS. The predicted octanol–water partition coefficient (Wildman–Crippen LogP) is 4.37. The third-order valence-corrected chi connectivity index (χ3v) is 4.67. The van der Waals surface area contributed by atoms with Gasteiger partial charge in [0.25, 0.3) is 0 Å². The minimum Gasteiger partial charge on any atom is -0.387 e. The smallest absolute Gasteiger partial charge is 0.129 e. The van der Waals surface area contributed by atoms with Crippen molar-refractivity contribution in [3.63, 3.8) is 0 Å². The fourth-order valence-electron chi connectivity index (χ4n) is 1.74. The summed E-state index contributed by atoms with van der Waals surface area (Å²) in [4.78, 5) is 1.72. The van der Waals surface area contributed by atoms with Crippen molar-refractivity contribution in [1.29, 1.82) is 0 Å². The highest BCUT2D eigenvalue weighted by atomic mass is 79.9. The van der Waals surface area contributed by atoms with Crippen molar-refractivity contribution in [3.05, 3.63) is 55.7 Å². The number of aryl methyl sites for hydroxylation is 1. The maximum absolute atomic E-state index is 13.5. The van der Waals surface area contributed by atoms with Crippen LogP contribution in [0.15, 0.2) is 28.7 Å². The maximum atomic E-state index is 13.5. The summed E-state index contributed by atoms with van der Waals surface area (Å²) in [7, 11) is 0. The summed E-state index contributed by atoms with van der Waals surface area (Å²) in [5, 5.41) is 10.1. The van der Waals surface area contributed by atoms with Gasteiger partial charge in [0.1, 0.15) is 11.6 Å². The Morgan fingerprint density at radius 2 is 1.94 bits per heavy atom. The van der Waals surface area contributed by atoms with Crippen LogP contribution >= 0.6 is 27.3 Å². The van der Waals surface area contributed by atoms with Gasteiger partial charge in [0.2, 0.25) is 0 Å². The largest absolute Gasteiger partial charge is 0.387 e. The average Bonchev–Trinajstić information content (AvgIpc) is 2.63. The Labute approximate surface area is 116 Å². The molecule has 0 spiro atoms. The first-order valence-corrected chi connectivity index (χ1v) is 6.96. The molecule has 1 nitrogen and oxygen atoms in total. The molecule has 2 rings (SSSR count). The lowest BCUT2D eigenvalue weighted by Crippen LogP contribution is -2.04. The molecule has 0 saturated carbocycles. The van der Waals surface area contributed by atoms with E-state index < -0.39 is 17.7 Å². The van der Waals surface area contributed by atoms with Gasteiger partial charge in [-0.1, -0.05) is 6.07 Å². The number of rotatable bonds is 3. The van der Waals surface area contributed by atoms with Crippen molar-refractivity contribution < 1.29 is 13.9 Å². The third kappa shape index (κ3) is 2.79. The van der Waals surface area contributed by atoms with Crippen molar-refractivity contribution in [2.75, 3.05) is 0 Å². The van der Waals surface area contributed by atoms with Crippen molar-refractivity contribution in [1.82, 2.24) is 0 Å². The third-order valence-electron chi connectivity index (χ3n) is 2.60. The molecule has 18 heavy (non-hydrogen) atoms. The number of aliphatic hydroxyl groups excluding tert-OH is 1. The first kappa shape index (κ1) is 13.6. The van der Waals surface area contributed by atoms with Crippen LogP contribution in [-0.4, -0.2) is 5.11 Å². The van der Waals surface area contributed by atoms with E-state index in [4.69, 9.17) is 0 Å². The van der Waals surface area contributed by atoms with Gasteiger partial charge in [-0.25, -0.2) is 8.78 Å². The summed E-state index contributed by atoms with van der Waals surface area (Å²) in [5.74, 6) is -1.25. The molecule has 0 fully saturated rings. The summed E-state index contributed by atoms with van der Waals surface area (Å²) in [6.07, 6.45) is -0.985. The van der Waals surface area contributed by atoms with E-state index >= 15 is 0 Å². The Morgan fingerprint density at radius 1 is 1.33 bits per heavy atom. The molecule has 0 radical (unpaired) electrons. The summed E-state index contributed by atoms with van der Waals surface area (Å²) in [5.41, 5.74) is -0.0806. The van der Waals surface area contributed by atoms with Gasteiger partial charge in [-0.15, -0.1) is 11.3 Å². The van der Waals surface area contributed by atoms with Gasteiger partial charge in [0.15, 0.2) is 0 Å². The molecule has 0 aliphatic rings. The molecule has 96 valence electrons. The zero-order chi connectivity index (χ0) is 13.3. The first-order valence-electron chi connectivity index (χ1n) is 5.36. The standard InChI is InChI=1S/C13H11BrF2OS/c1-7-5-9(14)13(18-7)12(17)6-8-10(15)3-2-4-11(8)16/h2-5,12,17H,6H2,1H3. The second kappa shape index (κ2) is 5.47. The monoisotopic (exact) mass is 332 g/mol. The Morgan fingerprint density at radius 3 is 2.44 bits per heavy atom. The van der Waals surface area contributed by atoms with Gasteiger partial charge in [-0.05, 0) is 41.1 Å². The van der Waals surface area contributed by atoms with Crippen molar-refractivity contribution in [2.45, 2.75) is 19.4 Å². The molecule has 0 amide bonds. The number of hydrogen-bond donors (Lipinski definition) is 1. The van der Waals surface area contributed by atoms with Crippen LogP contribution in [0.3, 0.4) is 0 Å². The minimum atomic E-state index is -0.913. The summed E-state index contributed by atoms with van der Waals surface area (Å²) in [6, 6.07) is 5.58. The van der Waals surface area contributed by atoms with Crippen LogP contribution in [0.1, 0.15) is 21.4 Å². The fraction of sp³-hybridized carbons (Fsp3) is 0.231. The van der Waals surface area contributed by atoms with Crippen LogP contribution in [0.2, 0.25) is 0 Å². The molecule has 0 saturated heterocycles. The molecule has 1 N–H and O–H groups in total. The second-order valence-electron chi connectivity index (χ2n) is 3.99. The number of halogens is 3. The Hall–Kier alpha value is -0.780. The van der Waals surface area contributed by atoms with Gasteiger partial charge >= 0.3 is 0 Å². The molecule has 1 aromatic heterocycles. The van der Waals surface area contributed by atoms with Crippen molar-refractivity contribution in [2.24, 2.45) is 0 Å². The number of benzene rings is 1. The molecule has 1 heterocycles. The van der Waals surface area contributed by atoms with Crippen LogP contribution in [0.5, 0.6) is 0 Å². The zero-order valence-electron chi connectivity index (χ0n) is 9.58. The van der Waals surface area contributed by atoms with Crippen molar-refractivity contribution in [3.8, 4) is 0 Å². The van der Waals surface area contributed by atoms with Crippen LogP contribution < -0.4 is 0 Å². The van der Waals surface area contributed by atoms with Crippen molar-refractivity contribution >= 4 is 27.3 Å². The molecule has 1 atom stereocenters. The van der Waals surface area contributed by atoms with E-state index in [1.807, 2.05) is 13.0 Å². The lowest BCUT2D eigenvalue weighted by Gasteiger charge is -2.11. The Kier molecular flexibility index (Phi) is 4.14. The van der Waals surface area contributed by atoms with E-state index in [1.165, 1.54) is 29.5 Å². The molecule has 2 aromatic rings. The second-order valence-corrected chi connectivity index (χ2v) is 6.13. The topological polar surface area (TPSA) is 20.2 Å². The molecule has 1 unspecified atom stereocenters. The van der Waals surface area contributed by atoms with E-state index in [1.54, 1.807) is 0 Å². The van der Waals surface area contributed by atoms with Gasteiger partial charge in [-0.2, -0.15) is 0 Å². The lowest BCUT2D eigenvalue weighted by molar-refractivity contribution is 0.178. The number of hydrogen-bond acceptors (Lipinski definition) is 2. The highest BCUT2D eigenvalue weighted by Crippen LogP contribution is 2.34. The van der Waals surface area contributed by atoms with Gasteiger partial charge < -0.3 is 5.11 Å². The van der Waals surface area contributed by atoms with Gasteiger partial charge in [-0.3, -0.25) is 0 Å². The van der Waals surface area contributed by atoms with Crippen LogP contribution in [0.25, 0.3) is 0 Å². The summed E-state index contributed by atoms with van der Waals surface area (Å²) < 4.78 is 27.7. The van der Waals surface area contributed by atoms with E-state index in [0.717, 1.165) is 9.35 Å². The number of aliphatic hydroxyl groups is 1. The normalized spacial score (nSPS) is 12.7. The molecular weight excluding hydrogens is 322 g/mol. The summed E-state index contributed by atoms with van der Waals surface area (Å²) >= 11 is 4.74. The van der Waals surface area contributed by atoms with E-state index in [-0.39, 0.29) is 12.0 Å². The Bertz CT molecular complexity index is 548. The van der Waals surface area contributed by atoms with E-state index in [0.29, 0.717) is 4.88 Å². The zero-order valence-corrected chi connectivity index (χ0v) is 12.0. The van der Waals surface area contributed by atoms with Gasteiger partial charge in [0, 0.05) is 26.2 Å². The summed E-state index contributed by atoms with van der Waals surface area (Å²) in [6.45, 7) is 1.91. The van der Waals surface area contributed by atoms with Gasteiger partial charge in [0.05, 0.1) is 6.10 Å². The van der Waals surface area contributed by atoms with E-state index in [2.05, 4.69) is 15.9 Å². The molecule has 1 aromatic carbocycles. The highest BCUT2D eigenvalue weighted by Gasteiger charge is 2.19. The SMILES string of the molecule is Cc1cc(Br)c(C(O)Cc2c(F)cccc2F)s1. The average molecular weight is 333 g/mol. The highest BCUT2D eigenvalue weighted by molar-refractivity contribution is 9.10. The quantitative estimate of drug-likeness (QED) is 0.884. The van der Waals surface area contributed by atoms with Crippen LogP contribution in [0.4, 0.5) is 8.78 Å². The van der Waals surface area contributed by atoms with Crippen LogP contribution in [0, 0.1) is 18.6 Å². The molecule has 0 bridgehead atoms. The minimum absolute atomic E-state index is 0.0724. The molecule has 5 heteroatoms. The van der Waals surface area contributed by atoms with E-state index in [9.17, 15) is 13.9 Å². The molecule has 0 aliphatic heterocycles. The maximum Gasteiger partial charge on any atom is 0.129 e. The predicted molar refractivity (Wildman–Crippen MR) is 71.8 cm³/mol. The fourth-order valence-corrected chi connectivity index (χ4v) is 3.64.